The molecule has 1 fully saturated rings. The summed E-state index contributed by atoms with van der Waals surface area (Å²) in [6.07, 6.45) is 1.01. The van der Waals surface area contributed by atoms with Crippen LogP contribution in [0.25, 0.3) is 0 Å². The lowest BCUT2D eigenvalue weighted by Gasteiger charge is -2.38. The third kappa shape index (κ3) is 5.78. The van der Waals surface area contributed by atoms with Crippen molar-refractivity contribution in [3.05, 3.63) is 24.3 Å². The van der Waals surface area contributed by atoms with Gasteiger partial charge in [0.25, 0.3) is 0 Å². The van der Waals surface area contributed by atoms with Crippen molar-refractivity contribution in [1.29, 1.82) is 0 Å². The number of ether oxygens (including phenoxy) is 2. The number of sulfonamides is 1. The van der Waals surface area contributed by atoms with E-state index in [0.29, 0.717) is 57.3 Å². The van der Waals surface area contributed by atoms with Gasteiger partial charge in [-0.3, -0.25) is 9.10 Å². The highest BCUT2D eigenvalue weighted by Gasteiger charge is 2.36. The predicted octanol–water partition coefficient (Wildman–Crippen LogP) is 1.93. The molecule has 2 amide bonds. The maximum atomic E-state index is 13.2. The normalized spacial score (nSPS) is 15.5. The Morgan fingerprint density at radius 2 is 1.57 bits per heavy atom. The van der Waals surface area contributed by atoms with Gasteiger partial charge >= 0.3 is 6.09 Å². The van der Waals surface area contributed by atoms with E-state index >= 15 is 0 Å². The molecule has 1 aliphatic heterocycles. The lowest BCUT2D eigenvalue weighted by molar-refractivity contribution is -0.134. The highest BCUT2D eigenvalue weighted by atomic mass is 32.2. The van der Waals surface area contributed by atoms with E-state index in [1.54, 1.807) is 47.9 Å². The average molecular weight is 442 g/mol. The van der Waals surface area contributed by atoms with Crippen LogP contribution in [-0.2, 0) is 19.6 Å². The minimum atomic E-state index is -3.71. The first-order valence-corrected chi connectivity index (χ1v) is 12.0. The molecule has 1 aromatic carbocycles. The van der Waals surface area contributed by atoms with Crippen molar-refractivity contribution in [2.75, 3.05) is 50.0 Å². The molecule has 0 aliphatic carbocycles. The summed E-state index contributed by atoms with van der Waals surface area (Å²) in [6.45, 7) is 7.54. The number of amides is 2. The molecule has 0 saturated carbocycles. The number of hydrogen-bond donors (Lipinski definition) is 0. The Morgan fingerprint density at radius 1 is 1.00 bits per heavy atom. The van der Waals surface area contributed by atoms with E-state index in [4.69, 9.17) is 9.47 Å². The maximum absolute atomic E-state index is 13.2. The summed E-state index contributed by atoms with van der Waals surface area (Å²) in [5.74, 6) is 0.351. The zero-order valence-corrected chi connectivity index (χ0v) is 18.9. The van der Waals surface area contributed by atoms with Crippen LogP contribution >= 0.6 is 0 Å². The van der Waals surface area contributed by atoms with E-state index in [1.165, 1.54) is 4.31 Å². The summed E-state index contributed by atoms with van der Waals surface area (Å²) in [4.78, 5) is 28.2. The molecule has 0 aromatic heterocycles. The summed E-state index contributed by atoms with van der Waals surface area (Å²) in [5, 5.41) is 0. The van der Waals surface area contributed by atoms with Crippen LogP contribution in [0.15, 0.2) is 24.3 Å². The molecule has 0 bridgehead atoms. The summed E-state index contributed by atoms with van der Waals surface area (Å²) in [5.41, 5.74) is 0.409. The Kier molecular flexibility index (Phi) is 8.33. The molecule has 1 aliphatic rings. The monoisotopic (exact) mass is 441 g/mol. The van der Waals surface area contributed by atoms with Crippen molar-refractivity contribution < 1.29 is 27.5 Å². The summed E-state index contributed by atoms with van der Waals surface area (Å²) in [7, 11) is -3.71. The van der Waals surface area contributed by atoms with Crippen LogP contribution in [0.5, 0.6) is 5.75 Å². The molecular weight excluding hydrogens is 410 g/mol. The van der Waals surface area contributed by atoms with Crippen molar-refractivity contribution in [2.45, 2.75) is 33.2 Å². The third-order valence-corrected chi connectivity index (χ3v) is 6.01. The standard InChI is InChI=1S/C20H31N3O6S/c1-5-18(19(24)21-12-14-22(15-13-21)20(25)29-7-3)23(30(4,26)27)16-8-10-17(11-9-16)28-6-2/h8-11,18H,5-7,12-15H2,1-4H3. The second-order valence-electron chi connectivity index (χ2n) is 6.92. The van der Waals surface area contributed by atoms with E-state index in [9.17, 15) is 18.0 Å². The van der Waals surface area contributed by atoms with Crippen LogP contribution in [0.3, 0.4) is 0 Å². The molecule has 9 nitrogen and oxygen atoms in total. The second kappa shape index (κ2) is 10.5. The Morgan fingerprint density at radius 3 is 2.03 bits per heavy atom. The zero-order valence-electron chi connectivity index (χ0n) is 18.0. The van der Waals surface area contributed by atoms with Crippen molar-refractivity contribution >= 4 is 27.7 Å². The number of nitrogens with zero attached hydrogens (tertiary/aromatic N) is 3. The Labute approximate surface area is 178 Å². The number of carbonyl (C=O) groups is 2. The lowest BCUT2D eigenvalue weighted by Crippen LogP contribution is -2.56. The van der Waals surface area contributed by atoms with Crippen LogP contribution in [-0.4, -0.2) is 81.9 Å². The largest absolute Gasteiger partial charge is 0.494 e. The van der Waals surface area contributed by atoms with Crippen LogP contribution in [0.4, 0.5) is 10.5 Å². The second-order valence-corrected chi connectivity index (χ2v) is 8.78. The fourth-order valence-corrected chi connectivity index (χ4v) is 4.64. The Bertz CT molecular complexity index is 819. The molecule has 0 radical (unpaired) electrons. The molecule has 30 heavy (non-hydrogen) atoms. The van der Waals surface area contributed by atoms with Gasteiger partial charge in [-0.05, 0) is 44.5 Å². The van der Waals surface area contributed by atoms with Gasteiger partial charge in [-0.25, -0.2) is 13.2 Å². The molecule has 1 aromatic rings. The maximum Gasteiger partial charge on any atom is 0.409 e. The number of piperazine rings is 1. The Balaban J connectivity index is 2.19. The van der Waals surface area contributed by atoms with Crippen LogP contribution in [0.2, 0.25) is 0 Å². The first kappa shape index (κ1) is 23.8. The minimum Gasteiger partial charge on any atom is -0.494 e. The fourth-order valence-electron chi connectivity index (χ4n) is 3.43. The summed E-state index contributed by atoms with van der Waals surface area (Å²) in [6, 6.07) is 5.78. The highest BCUT2D eigenvalue weighted by molar-refractivity contribution is 7.92. The number of hydrogen-bond acceptors (Lipinski definition) is 6. The van der Waals surface area contributed by atoms with Gasteiger partial charge in [0.1, 0.15) is 11.8 Å². The molecule has 168 valence electrons. The molecule has 0 spiro atoms. The van der Waals surface area contributed by atoms with Gasteiger partial charge in [0, 0.05) is 26.2 Å². The number of carbonyl (C=O) groups excluding carboxylic acids is 2. The minimum absolute atomic E-state index is 0.277. The van der Waals surface area contributed by atoms with Crippen LogP contribution < -0.4 is 9.04 Å². The lowest BCUT2D eigenvalue weighted by atomic mass is 10.1. The van der Waals surface area contributed by atoms with Gasteiger partial charge in [-0.2, -0.15) is 0 Å². The molecular formula is C20H31N3O6S. The molecule has 1 saturated heterocycles. The first-order valence-electron chi connectivity index (χ1n) is 10.2. The summed E-state index contributed by atoms with van der Waals surface area (Å²) >= 11 is 0. The van der Waals surface area contributed by atoms with E-state index in [0.717, 1.165) is 6.26 Å². The van der Waals surface area contributed by atoms with Crippen molar-refractivity contribution in [3.8, 4) is 5.75 Å². The first-order chi connectivity index (χ1) is 14.2. The van der Waals surface area contributed by atoms with Crippen LogP contribution in [0, 0.1) is 0 Å². The number of rotatable bonds is 8. The van der Waals surface area contributed by atoms with E-state index < -0.39 is 22.2 Å². The van der Waals surface area contributed by atoms with Gasteiger partial charge < -0.3 is 19.3 Å². The van der Waals surface area contributed by atoms with E-state index in [1.807, 2.05) is 6.92 Å². The highest BCUT2D eigenvalue weighted by Crippen LogP contribution is 2.26. The molecule has 1 atom stereocenters. The number of anilines is 1. The van der Waals surface area contributed by atoms with Crippen LogP contribution in [0.1, 0.15) is 27.2 Å². The molecule has 10 heteroatoms. The predicted molar refractivity (Wildman–Crippen MR) is 114 cm³/mol. The van der Waals surface area contributed by atoms with Gasteiger partial charge in [-0.15, -0.1) is 0 Å². The smallest absolute Gasteiger partial charge is 0.409 e. The Hall–Kier alpha value is -2.49. The van der Waals surface area contributed by atoms with Crippen molar-refractivity contribution in [3.63, 3.8) is 0 Å². The topological polar surface area (TPSA) is 96.5 Å². The van der Waals surface area contributed by atoms with Gasteiger partial charge in [0.2, 0.25) is 15.9 Å². The number of benzene rings is 1. The average Bonchev–Trinajstić information content (AvgIpc) is 2.72. The van der Waals surface area contributed by atoms with Gasteiger partial charge in [0.05, 0.1) is 25.2 Å². The van der Waals surface area contributed by atoms with E-state index in [-0.39, 0.29) is 5.91 Å². The quantitative estimate of drug-likeness (QED) is 0.612. The molecule has 2 rings (SSSR count). The third-order valence-electron chi connectivity index (χ3n) is 4.83. The SMILES string of the molecule is CCOC(=O)N1CCN(C(=O)C(CC)N(c2ccc(OCC)cc2)S(C)(=O)=O)CC1. The zero-order chi connectivity index (χ0) is 22.3. The van der Waals surface area contributed by atoms with Gasteiger partial charge in [0.15, 0.2) is 0 Å². The molecule has 1 unspecified atom stereocenters. The van der Waals surface area contributed by atoms with E-state index in [2.05, 4.69) is 0 Å². The molecule has 1 heterocycles. The van der Waals surface area contributed by atoms with Crippen molar-refractivity contribution in [2.24, 2.45) is 0 Å². The van der Waals surface area contributed by atoms with Gasteiger partial charge in [-0.1, -0.05) is 6.92 Å². The van der Waals surface area contributed by atoms with Crippen molar-refractivity contribution in [1.82, 2.24) is 9.80 Å². The summed E-state index contributed by atoms with van der Waals surface area (Å²) < 4.78 is 36.8. The molecule has 0 N–H and O–H groups in total. The fraction of sp³-hybridized carbons (Fsp3) is 0.600.